The highest BCUT2D eigenvalue weighted by Gasteiger charge is 2.26. The normalized spacial score (nSPS) is 20.7. The molecule has 0 aliphatic carbocycles. The van der Waals surface area contributed by atoms with Gasteiger partial charge in [-0.1, -0.05) is 12.8 Å². The minimum Gasteiger partial charge on any atom is -0.394 e. The lowest BCUT2D eigenvalue weighted by Crippen LogP contribution is -2.41. The van der Waals surface area contributed by atoms with Crippen molar-refractivity contribution in [1.29, 1.82) is 0 Å². The molecule has 1 amide bonds. The van der Waals surface area contributed by atoms with Crippen molar-refractivity contribution in [2.45, 2.75) is 31.7 Å². The number of carbonyl (C=O) groups excluding carboxylic acids is 1. The van der Waals surface area contributed by atoms with Gasteiger partial charge in [0.25, 0.3) is 5.91 Å². The second-order valence-corrected chi connectivity index (χ2v) is 6.98. The van der Waals surface area contributed by atoms with Crippen molar-refractivity contribution >= 4 is 38.0 Å². The first kappa shape index (κ1) is 13.1. The Kier molecular flexibility index (Phi) is 3.86. The molecule has 1 saturated heterocycles. The maximum atomic E-state index is 12.6. The summed E-state index contributed by atoms with van der Waals surface area (Å²) in [5, 5.41) is 11.5. The van der Waals surface area contributed by atoms with Crippen LogP contribution in [-0.2, 0) is 0 Å². The van der Waals surface area contributed by atoms with E-state index >= 15 is 0 Å². The molecule has 19 heavy (non-hydrogen) atoms. The van der Waals surface area contributed by atoms with Gasteiger partial charge in [0.2, 0.25) is 0 Å². The van der Waals surface area contributed by atoms with Crippen LogP contribution in [0.15, 0.2) is 17.5 Å². The van der Waals surface area contributed by atoms with Crippen molar-refractivity contribution in [3.63, 3.8) is 0 Å². The summed E-state index contributed by atoms with van der Waals surface area (Å²) in [6, 6.07) is 4.05. The number of nitrogens with zero attached hydrogens (tertiary/aromatic N) is 1. The minimum atomic E-state index is -0.00450. The zero-order valence-electron chi connectivity index (χ0n) is 10.7. The molecule has 3 heterocycles. The van der Waals surface area contributed by atoms with E-state index < -0.39 is 0 Å². The third-order valence-electron chi connectivity index (χ3n) is 3.70. The van der Waals surface area contributed by atoms with E-state index in [2.05, 4.69) is 11.4 Å². The monoisotopic (exact) mass is 295 g/mol. The molecule has 1 aliphatic rings. The fourth-order valence-corrected chi connectivity index (χ4v) is 4.71. The Balaban J connectivity index is 1.86. The van der Waals surface area contributed by atoms with Gasteiger partial charge in [0.1, 0.15) is 0 Å². The first-order valence-corrected chi connectivity index (χ1v) is 8.38. The van der Waals surface area contributed by atoms with Crippen LogP contribution in [0.3, 0.4) is 0 Å². The molecule has 2 aromatic rings. The maximum Gasteiger partial charge on any atom is 0.264 e. The average molecular weight is 295 g/mol. The Morgan fingerprint density at radius 1 is 1.37 bits per heavy atom. The van der Waals surface area contributed by atoms with E-state index in [0.29, 0.717) is 0 Å². The fourth-order valence-electron chi connectivity index (χ4n) is 2.65. The second kappa shape index (κ2) is 5.61. The Labute approximate surface area is 120 Å². The molecule has 102 valence electrons. The quantitative estimate of drug-likeness (QED) is 0.923. The molecular weight excluding hydrogens is 278 g/mol. The SMILES string of the molecule is O=C(c1cc2sccc2s1)N1CCCCCC1CO. The molecule has 1 N–H and O–H groups in total. The summed E-state index contributed by atoms with van der Waals surface area (Å²) < 4.78 is 2.37. The predicted octanol–water partition coefficient (Wildman–Crippen LogP) is 3.34. The van der Waals surface area contributed by atoms with Crippen LogP contribution in [-0.4, -0.2) is 35.1 Å². The maximum absolute atomic E-state index is 12.6. The fraction of sp³-hybridized carbons (Fsp3) is 0.500. The number of amides is 1. The van der Waals surface area contributed by atoms with Crippen LogP contribution in [0.2, 0.25) is 0 Å². The standard InChI is InChI=1S/C14H17NO2S2/c16-9-10-4-2-1-3-6-15(10)14(17)13-8-12-11(19-13)5-7-18-12/h5,7-8,10,16H,1-4,6,9H2. The molecule has 0 saturated carbocycles. The van der Waals surface area contributed by atoms with Gasteiger partial charge in [-0.2, -0.15) is 0 Å². The van der Waals surface area contributed by atoms with Gasteiger partial charge in [-0.15, -0.1) is 22.7 Å². The van der Waals surface area contributed by atoms with Crippen molar-refractivity contribution in [3.05, 3.63) is 22.4 Å². The molecule has 1 fully saturated rings. The molecule has 2 aromatic heterocycles. The summed E-state index contributed by atoms with van der Waals surface area (Å²) in [7, 11) is 0. The molecular formula is C14H17NO2S2. The van der Waals surface area contributed by atoms with Gasteiger partial charge >= 0.3 is 0 Å². The topological polar surface area (TPSA) is 40.5 Å². The van der Waals surface area contributed by atoms with Gasteiger partial charge in [-0.25, -0.2) is 0 Å². The molecule has 1 unspecified atom stereocenters. The van der Waals surface area contributed by atoms with Crippen LogP contribution in [0.5, 0.6) is 0 Å². The number of aliphatic hydroxyl groups is 1. The van der Waals surface area contributed by atoms with E-state index in [1.54, 1.807) is 22.7 Å². The molecule has 5 heteroatoms. The van der Waals surface area contributed by atoms with E-state index in [0.717, 1.165) is 37.1 Å². The highest BCUT2D eigenvalue weighted by Crippen LogP contribution is 2.31. The van der Waals surface area contributed by atoms with Crippen LogP contribution in [0.4, 0.5) is 0 Å². The van der Waals surface area contributed by atoms with Crippen molar-refractivity contribution in [2.24, 2.45) is 0 Å². The zero-order valence-corrected chi connectivity index (χ0v) is 12.3. The largest absolute Gasteiger partial charge is 0.394 e. The summed E-state index contributed by atoms with van der Waals surface area (Å²) >= 11 is 3.24. The Bertz CT molecular complexity index is 546. The highest BCUT2D eigenvalue weighted by atomic mass is 32.1. The van der Waals surface area contributed by atoms with Crippen molar-refractivity contribution in [3.8, 4) is 0 Å². The van der Waals surface area contributed by atoms with Gasteiger partial charge in [0.05, 0.1) is 17.5 Å². The van der Waals surface area contributed by atoms with Gasteiger partial charge < -0.3 is 10.0 Å². The number of likely N-dealkylation sites (tertiary alicyclic amines) is 1. The lowest BCUT2D eigenvalue weighted by atomic mass is 10.1. The summed E-state index contributed by atoms with van der Waals surface area (Å²) in [6.07, 6.45) is 4.22. The molecule has 1 atom stereocenters. The van der Waals surface area contributed by atoms with E-state index in [4.69, 9.17) is 0 Å². The van der Waals surface area contributed by atoms with Crippen molar-refractivity contribution < 1.29 is 9.90 Å². The number of carbonyl (C=O) groups is 1. The van der Waals surface area contributed by atoms with Crippen molar-refractivity contribution in [2.75, 3.05) is 13.2 Å². The van der Waals surface area contributed by atoms with Crippen LogP contribution >= 0.6 is 22.7 Å². The third-order valence-corrected chi connectivity index (χ3v) is 5.78. The van der Waals surface area contributed by atoms with Gasteiger partial charge in [0, 0.05) is 15.9 Å². The van der Waals surface area contributed by atoms with Gasteiger partial charge in [-0.3, -0.25) is 4.79 Å². The van der Waals surface area contributed by atoms with Crippen LogP contribution in [0, 0.1) is 0 Å². The first-order valence-electron chi connectivity index (χ1n) is 6.68. The zero-order chi connectivity index (χ0) is 13.2. The Morgan fingerprint density at radius 2 is 2.26 bits per heavy atom. The molecule has 0 spiro atoms. The molecule has 3 nitrogen and oxygen atoms in total. The minimum absolute atomic E-state index is 0.00450. The lowest BCUT2D eigenvalue weighted by Gasteiger charge is -2.28. The predicted molar refractivity (Wildman–Crippen MR) is 80.1 cm³/mol. The van der Waals surface area contributed by atoms with Crippen LogP contribution in [0.25, 0.3) is 9.40 Å². The molecule has 1 aliphatic heterocycles. The molecule has 0 radical (unpaired) electrons. The van der Waals surface area contributed by atoms with Gasteiger partial charge in [0.15, 0.2) is 0 Å². The Morgan fingerprint density at radius 3 is 3.05 bits per heavy atom. The van der Waals surface area contributed by atoms with E-state index in [9.17, 15) is 9.90 Å². The van der Waals surface area contributed by atoms with Crippen LogP contribution in [0.1, 0.15) is 35.4 Å². The Hall–Kier alpha value is -0.910. The summed E-state index contributed by atoms with van der Waals surface area (Å²) in [5.41, 5.74) is 0. The highest BCUT2D eigenvalue weighted by molar-refractivity contribution is 7.27. The lowest BCUT2D eigenvalue weighted by molar-refractivity contribution is 0.0605. The molecule has 0 bridgehead atoms. The second-order valence-electron chi connectivity index (χ2n) is 4.94. The number of hydrogen-bond donors (Lipinski definition) is 1. The van der Waals surface area contributed by atoms with Crippen LogP contribution < -0.4 is 0 Å². The number of thiophene rings is 2. The number of fused-ring (bicyclic) bond motifs is 1. The van der Waals surface area contributed by atoms with E-state index in [1.807, 2.05) is 11.0 Å². The molecule has 0 aromatic carbocycles. The number of aliphatic hydroxyl groups excluding tert-OH is 1. The first-order chi connectivity index (χ1) is 9.29. The van der Waals surface area contributed by atoms with Gasteiger partial charge in [-0.05, 0) is 30.4 Å². The third kappa shape index (κ3) is 2.55. The van der Waals surface area contributed by atoms with E-state index in [1.165, 1.54) is 9.40 Å². The summed E-state index contributed by atoms with van der Waals surface area (Å²) in [5.74, 6) is 0.0920. The summed E-state index contributed by atoms with van der Waals surface area (Å²) in [6.45, 7) is 0.848. The van der Waals surface area contributed by atoms with Crippen molar-refractivity contribution in [1.82, 2.24) is 4.90 Å². The average Bonchev–Trinajstić information content (AvgIpc) is 2.91. The summed E-state index contributed by atoms with van der Waals surface area (Å²) in [4.78, 5) is 15.3. The molecule has 3 rings (SSSR count). The number of hydrogen-bond acceptors (Lipinski definition) is 4. The number of rotatable bonds is 2. The smallest absolute Gasteiger partial charge is 0.264 e. The van der Waals surface area contributed by atoms with E-state index in [-0.39, 0.29) is 18.6 Å².